The van der Waals surface area contributed by atoms with Gasteiger partial charge in [-0.1, -0.05) is 36.6 Å². The molecule has 1 N–H and O–H groups in total. The van der Waals surface area contributed by atoms with Gasteiger partial charge in [-0.2, -0.15) is 0 Å². The number of fused-ring (bicyclic) bond motifs is 1. The molecule has 0 spiro atoms. The van der Waals surface area contributed by atoms with Crippen LogP contribution in [0.2, 0.25) is 0 Å². The molecule has 0 radical (unpaired) electrons. The Balaban J connectivity index is 1.19. The van der Waals surface area contributed by atoms with Gasteiger partial charge in [-0.15, -0.1) is 0 Å². The smallest absolute Gasteiger partial charge is 0.185 e. The molecular weight excluding hydrogens is 362 g/mol. The van der Waals surface area contributed by atoms with E-state index in [1.165, 1.54) is 70.4 Å². The Kier molecular flexibility index (Phi) is 5.83. The predicted molar refractivity (Wildman–Crippen MR) is 117 cm³/mol. The summed E-state index contributed by atoms with van der Waals surface area (Å²) in [6.07, 6.45) is 11.4. The number of hydrogen-bond donors (Lipinski definition) is 1. The molecule has 6 heteroatoms. The van der Waals surface area contributed by atoms with E-state index >= 15 is 0 Å². The van der Waals surface area contributed by atoms with E-state index in [9.17, 15) is 0 Å². The Morgan fingerprint density at radius 2 is 1.86 bits per heavy atom. The molecule has 2 aromatic rings. The van der Waals surface area contributed by atoms with Crippen LogP contribution in [-0.4, -0.2) is 60.9 Å². The van der Waals surface area contributed by atoms with Gasteiger partial charge in [0.05, 0.1) is 12.1 Å². The average molecular weight is 396 g/mol. The van der Waals surface area contributed by atoms with E-state index in [1.54, 1.807) is 0 Å². The van der Waals surface area contributed by atoms with E-state index in [0.29, 0.717) is 0 Å². The summed E-state index contributed by atoms with van der Waals surface area (Å²) in [7, 11) is 0. The third kappa shape index (κ3) is 4.49. The Hall–Kier alpha value is -1.89. The first-order valence-corrected chi connectivity index (χ1v) is 11.3. The molecule has 3 heterocycles. The molecule has 0 unspecified atom stereocenters. The Bertz CT molecular complexity index is 833. The maximum absolute atomic E-state index is 5.56. The minimum absolute atomic E-state index is 0.769. The molecular formula is C23H33N5O. The highest BCUT2D eigenvalue weighted by Gasteiger charge is 2.22. The topological polar surface area (TPSA) is 47.8 Å². The molecule has 2 fully saturated rings. The van der Waals surface area contributed by atoms with Gasteiger partial charge in [-0.25, -0.2) is 0 Å². The highest BCUT2D eigenvalue weighted by Crippen LogP contribution is 2.28. The van der Waals surface area contributed by atoms with Crippen molar-refractivity contribution in [2.24, 2.45) is 5.92 Å². The summed E-state index contributed by atoms with van der Waals surface area (Å²) in [5.41, 5.74) is 2.21. The molecule has 1 aromatic carbocycles. The van der Waals surface area contributed by atoms with E-state index in [4.69, 9.17) is 4.52 Å². The molecule has 0 atom stereocenters. The van der Waals surface area contributed by atoms with Crippen LogP contribution < -0.4 is 10.2 Å². The normalized spacial score (nSPS) is 22.6. The number of piperazine rings is 1. The SMILES string of the molecule is C1=CN(c2noc3ccc(CN4CCN(CC5CCCCC5)CC4)cc23)CNC1. The van der Waals surface area contributed by atoms with Crippen LogP contribution in [0, 0.1) is 5.92 Å². The summed E-state index contributed by atoms with van der Waals surface area (Å²) in [6.45, 7) is 8.76. The zero-order chi connectivity index (χ0) is 19.5. The number of nitrogens with one attached hydrogen (secondary N) is 1. The van der Waals surface area contributed by atoms with Crippen molar-refractivity contribution in [3.05, 3.63) is 36.0 Å². The zero-order valence-electron chi connectivity index (χ0n) is 17.4. The minimum Gasteiger partial charge on any atom is -0.354 e. The van der Waals surface area contributed by atoms with Crippen molar-refractivity contribution < 1.29 is 4.52 Å². The van der Waals surface area contributed by atoms with Crippen molar-refractivity contribution >= 4 is 16.8 Å². The second kappa shape index (κ2) is 8.86. The molecule has 29 heavy (non-hydrogen) atoms. The lowest BCUT2D eigenvalue weighted by Gasteiger charge is -2.37. The second-order valence-corrected chi connectivity index (χ2v) is 8.88. The summed E-state index contributed by atoms with van der Waals surface area (Å²) in [5.74, 6) is 1.85. The first-order chi connectivity index (χ1) is 14.3. The van der Waals surface area contributed by atoms with Gasteiger partial charge in [0, 0.05) is 52.0 Å². The zero-order valence-corrected chi connectivity index (χ0v) is 17.4. The van der Waals surface area contributed by atoms with Crippen molar-refractivity contribution in [3.63, 3.8) is 0 Å². The maximum atomic E-state index is 5.56. The number of nitrogens with zero attached hydrogens (tertiary/aromatic N) is 4. The molecule has 5 rings (SSSR count). The Labute approximate surface area is 173 Å². The number of anilines is 1. The number of aromatic nitrogens is 1. The third-order valence-electron chi connectivity index (χ3n) is 6.73. The Morgan fingerprint density at radius 1 is 1.03 bits per heavy atom. The van der Waals surface area contributed by atoms with Crippen LogP contribution in [0.3, 0.4) is 0 Å². The van der Waals surface area contributed by atoms with Crippen LogP contribution in [0.25, 0.3) is 11.0 Å². The minimum atomic E-state index is 0.769. The summed E-state index contributed by atoms with van der Waals surface area (Å²) >= 11 is 0. The lowest BCUT2D eigenvalue weighted by Crippen LogP contribution is -2.47. The van der Waals surface area contributed by atoms with E-state index in [0.717, 1.165) is 42.5 Å². The largest absolute Gasteiger partial charge is 0.354 e. The maximum Gasteiger partial charge on any atom is 0.185 e. The third-order valence-corrected chi connectivity index (χ3v) is 6.73. The number of hydrogen-bond acceptors (Lipinski definition) is 6. The highest BCUT2D eigenvalue weighted by atomic mass is 16.5. The van der Waals surface area contributed by atoms with E-state index in [1.807, 2.05) is 0 Å². The quantitative estimate of drug-likeness (QED) is 0.837. The molecule has 0 amide bonds. The van der Waals surface area contributed by atoms with E-state index < -0.39 is 0 Å². The molecule has 1 aliphatic carbocycles. The van der Waals surface area contributed by atoms with Crippen LogP contribution in [-0.2, 0) is 6.54 Å². The fourth-order valence-corrected chi connectivity index (χ4v) is 5.05. The van der Waals surface area contributed by atoms with Crippen molar-refractivity contribution in [2.45, 2.75) is 38.6 Å². The summed E-state index contributed by atoms with van der Waals surface area (Å²) in [6, 6.07) is 6.52. The van der Waals surface area contributed by atoms with Gasteiger partial charge in [-0.3, -0.25) is 10.2 Å². The monoisotopic (exact) mass is 395 g/mol. The van der Waals surface area contributed by atoms with Crippen LogP contribution >= 0.6 is 0 Å². The summed E-state index contributed by atoms with van der Waals surface area (Å²) in [5, 5.41) is 8.76. The number of rotatable bonds is 5. The average Bonchev–Trinajstić information content (AvgIpc) is 3.20. The molecule has 3 aliphatic rings. The van der Waals surface area contributed by atoms with Crippen LogP contribution in [0.4, 0.5) is 5.82 Å². The Morgan fingerprint density at radius 3 is 2.66 bits per heavy atom. The standard InChI is InChI=1S/C23H33N5O/c1-2-5-19(6-3-1)16-26-11-13-27(14-12-26)17-20-7-8-22-21(15-20)23(25-29-22)28-10-4-9-24-18-28/h4,7-8,10,15,19,24H,1-3,5-6,9,11-14,16-18H2. The highest BCUT2D eigenvalue weighted by molar-refractivity contribution is 5.89. The molecule has 2 aliphatic heterocycles. The van der Waals surface area contributed by atoms with Gasteiger partial charge >= 0.3 is 0 Å². The van der Waals surface area contributed by atoms with Crippen molar-refractivity contribution in [1.29, 1.82) is 0 Å². The summed E-state index contributed by atoms with van der Waals surface area (Å²) < 4.78 is 5.56. The molecule has 1 saturated carbocycles. The van der Waals surface area contributed by atoms with Crippen LogP contribution in [0.15, 0.2) is 35.0 Å². The molecule has 1 aromatic heterocycles. The predicted octanol–water partition coefficient (Wildman–Crippen LogP) is 3.41. The van der Waals surface area contributed by atoms with Crippen molar-refractivity contribution in [1.82, 2.24) is 20.3 Å². The van der Waals surface area contributed by atoms with Gasteiger partial charge in [0.1, 0.15) is 0 Å². The first kappa shape index (κ1) is 19.1. The van der Waals surface area contributed by atoms with E-state index in [2.05, 4.69) is 55.6 Å². The molecule has 1 saturated heterocycles. The molecule has 156 valence electrons. The van der Waals surface area contributed by atoms with Gasteiger partial charge in [-0.05, 0) is 36.5 Å². The van der Waals surface area contributed by atoms with E-state index in [-0.39, 0.29) is 0 Å². The number of benzene rings is 1. The van der Waals surface area contributed by atoms with Crippen molar-refractivity contribution in [2.75, 3.05) is 50.8 Å². The lowest BCUT2D eigenvalue weighted by atomic mass is 9.89. The van der Waals surface area contributed by atoms with Gasteiger partial charge < -0.3 is 14.3 Å². The second-order valence-electron chi connectivity index (χ2n) is 8.88. The summed E-state index contributed by atoms with van der Waals surface area (Å²) in [4.78, 5) is 7.40. The van der Waals surface area contributed by atoms with Crippen LogP contribution in [0.5, 0.6) is 0 Å². The molecule has 6 nitrogen and oxygen atoms in total. The first-order valence-electron chi connectivity index (χ1n) is 11.3. The fourth-order valence-electron chi connectivity index (χ4n) is 5.05. The molecule has 0 bridgehead atoms. The van der Waals surface area contributed by atoms with Gasteiger partial charge in [0.15, 0.2) is 11.4 Å². The van der Waals surface area contributed by atoms with Gasteiger partial charge in [0.25, 0.3) is 0 Å². The van der Waals surface area contributed by atoms with Crippen LogP contribution in [0.1, 0.15) is 37.7 Å². The van der Waals surface area contributed by atoms with Gasteiger partial charge in [0.2, 0.25) is 0 Å². The fraction of sp³-hybridized carbons (Fsp3) is 0.609. The lowest BCUT2D eigenvalue weighted by molar-refractivity contribution is 0.105. The van der Waals surface area contributed by atoms with Crippen molar-refractivity contribution in [3.8, 4) is 0 Å².